The zero-order valence-electron chi connectivity index (χ0n) is 12.6. The van der Waals surface area contributed by atoms with Crippen LogP contribution in [0.4, 0.5) is 4.79 Å². The first-order valence-electron chi connectivity index (χ1n) is 7.60. The molecule has 0 radical (unpaired) electrons. The molecular weight excluding hydrogens is 268 g/mol. The number of likely N-dealkylation sites (tertiary alicyclic amines) is 1. The maximum absolute atomic E-state index is 10.8. The summed E-state index contributed by atoms with van der Waals surface area (Å²) < 4.78 is 0. The van der Waals surface area contributed by atoms with Crippen molar-refractivity contribution in [2.75, 3.05) is 13.1 Å². The maximum atomic E-state index is 10.8. The lowest BCUT2D eigenvalue weighted by atomic mass is 9.86. The molecule has 1 aliphatic rings. The van der Waals surface area contributed by atoms with Crippen LogP contribution in [0.5, 0.6) is 0 Å². The minimum absolute atomic E-state index is 0.440. The first-order valence-corrected chi connectivity index (χ1v) is 7.60. The number of carbonyl (C=O) groups is 1. The molecule has 1 fully saturated rings. The van der Waals surface area contributed by atoms with Crippen molar-refractivity contribution in [2.45, 2.75) is 51.0 Å². The van der Waals surface area contributed by atoms with Crippen molar-refractivity contribution in [2.24, 2.45) is 0 Å². The van der Waals surface area contributed by atoms with Crippen molar-refractivity contribution in [3.05, 3.63) is 29.6 Å². The third-order valence-corrected chi connectivity index (χ3v) is 4.28. The van der Waals surface area contributed by atoms with E-state index in [4.69, 9.17) is 5.11 Å². The molecule has 1 saturated heterocycles. The number of amides is 1. The highest BCUT2D eigenvalue weighted by molar-refractivity contribution is 5.65. The minimum Gasteiger partial charge on any atom is -0.465 e. The molecule has 5 heteroatoms. The third kappa shape index (κ3) is 4.70. The van der Waals surface area contributed by atoms with Crippen molar-refractivity contribution >= 4 is 6.09 Å². The quantitative estimate of drug-likeness (QED) is 0.818. The van der Waals surface area contributed by atoms with Gasteiger partial charge in [0, 0.05) is 25.0 Å². The number of aromatic nitrogens is 1. The Morgan fingerprint density at radius 3 is 2.71 bits per heavy atom. The van der Waals surface area contributed by atoms with Gasteiger partial charge in [-0.15, -0.1) is 0 Å². The number of rotatable bonds is 5. The average Bonchev–Trinajstić information content (AvgIpc) is 2.44. The van der Waals surface area contributed by atoms with E-state index in [1.54, 1.807) is 0 Å². The van der Waals surface area contributed by atoms with Gasteiger partial charge >= 0.3 is 6.09 Å². The Morgan fingerprint density at radius 1 is 1.38 bits per heavy atom. The number of unbranched alkanes of at least 4 members (excludes halogenated alkanes) is 1. The van der Waals surface area contributed by atoms with Gasteiger partial charge in [-0.2, -0.15) is 0 Å². The first kappa shape index (κ1) is 15.8. The molecule has 0 spiro atoms. The van der Waals surface area contributed by atoms with Gasteiger partial charge in [-0.3, -0.25) is 4.98 Å². The summed E-state index contributed by atoms with van der Waals surface area (Å²) in [6.45, 7) is 2.87. The van der Waals surface area contributed by atoms with Gasteiger partial charge in [0.05, 0.1) is 5.60 Å². The van der Waals surface area contributed by atoms with E-state index in [1.165, 1.54) is 10.5 Å². The van der Waals surface area contributed by atoms with Gasteiger partial charge in [0.1, 0.15) is 0 Å². The summed E-state index contributed by atoms with van der Waals surface area (Å²) in [5, 5.41) is 19.4. The molecule has 5 nitrogen and oxygen atoms in total. The molecule has 2 heterocycles. The first-order chi connectivity index (χ1) is 9.98. The molecule has 0 aliphatic carbocycles. The standard InChI is InChI=1S/C16H24N2O3/c1-13-12-14(5-9-17-13)4-2-3-6-16(21)7-10-18(11-8-16)15(19)20/h5,9,12,21H,2-4,6-8,10-11H2,1H3,(H,19,20). The molecule has 0 bridgehead atoms. The molecule has 0 saturated carbocycles. The lowest BCUT2D eigenvalue weighted by Gasteiger charge is -2.37. The van der Waals surface area contributed by atoms with Crippen LogP contribution in [-0.2, 0) is 6.42 Å². The second kappa shape index (κ2) is 6.89. The number of pyridine rings is 1. The Labute approximate surface area is 125 Å². The number of piperidine rings is 1. The summed E-state index contributed by atoms with van der Waals surface area (Å²) in [7, 11) is 0. The largest absolute Gasteiger partial charge is 0.465 e. The highest BCUT2D eigenvalue weighted by Gasteiger charge is 2.33. The predicted octanol–water partition coefficient (Wildman–Crippen LogP) is 2.61. The van der Waals surface area contributed by atoms with Crippen LogP contribution in [0.15, 0.2) is 18.3 Å². The minimum atomic E-state index is -0.884. The van der Waals surface area contributed by atoms with E-state index in [0.717, 1.165) is 31.4 Å². The summed E-state index contributed by atoms with van der Waals surface area (Å²) in [4.78, 5) is 16.4. The van der Waals surface area contributed by atoms with E-state index in [-0.39, 0.29) is 0 Å². The summed E-state index contributed by atoms with van der Waals surface area (Å²) in [6, 6.07) is 4.13. The van der Waals surface area contributed by atoms with Crippen LogP contribution < -0.4 is 0 Å². The van der Waals surface area contributed by atoms with Crippen molar-refractivity contribution < 1.29 is 15.0 Å². The molecule has 1 amide bonds. The van der Waals surface area contributed by atoms with E-state index in [2.05, 4.69) is 11.1 Å². The molecule has 2 rings (SSSR count). The molecule has 0 atom stereocenters. The number of aryl methyl sites for hydroxylation is 2. The van der Waals surface area contributed by atoms with E-state index in [0.29, 0.717) is 25.9 Å². The topological polar surface area (TPSA) is 73.7 Å². The molecule has 116 valence electrons. The summed E-state index contributed by atoms with van der Waals surface area (Å²) in [6.07, 6.45) is 5.80. The van der Waals surface area contributed by atoms with Gasteiger partial charge in [0.2, 0.25) is 0 Å². The Bertz CT molecular complexity index is 482. The number of carboxylic acid groups (broad SMARTS) is 1. The molecular formula is C16H24N2O3. The smallest absolute Gasteiger partial charge is 0.407 e. The molecule has 2 N–H and O–H groups in total. The second-order valence-electron chi connectivity index (χ2n) is 6.01. The van der Waals surface area contributed by atoms with Gasteiger partial charge in [-0.1, -0.05) is 6.42 Å². The van der Waals surface area contributed by atoms with Crippen LogP contribution in [0.3, 0.4) is 0 Å². The average molecular weight is 292 g/mol. The lowest BCUT2D eigenvalue weighted by Crippen LogP contribution is -2.46. The second-order valence-corrected chi connectivity index (χ2v) is 6.01. The Morgan fingerprint density at radius 2 is 2.10 bits per heavy atom. The fourth-order valence-electron chi connectivity index (χ4n) is 2.91. The Hall–Kier alpha value is -1.62. The molecule has 0 aromatic carbocycles. The predicted molar refractivity (Wildman–Crippen MR) is 80.3 cm³/mol. The number of nitrogens with zero attached hydrogens (tertiary/aromatic N) is 2. The highest BCUT2D eigenvalue weighted by Crippen LogP contribution is 2.27. The molecule has 0 unspecified atom stereocenters. The Kier molecular flexibility index (Phi) is 5.17. The van der Waals surface area contributed by atoms with E-state index < -0.39 is 11.7 Å². The van der Waals surface area contributed by atoms with Gasteiger partial charge in [0.15, 0.2) is 0 Å². The third-order valence-electron chi connectivity index (χ3n) is 4.28. The van der Waals surface area contributed by atoms with Crippen LogP contribution in [0.2, 0.25) is 0 Å². The number of hydrogen-bond donors (Lipinski definition) is 2. The zero-order valence-corrected chi connectivity index (χ0v) is 12.6. The van der Waals surface area contributed by atoms with Crippen molar-refractivity contribution in [1.82, 2.24) is 9.88 Å². The SMILES string of the molecule is Cc1cc(CCCCC2(O)CCN(C(=O)O)CC2)ccn1. The van der Waals surface area contributed by atoms with Crippen LogP contribution in [0.25, 0.3) is 0 Å². The van der Waals surface area contributed by atoms with Gasteiger partial charge < -0.3 is 15.1 Å². The lowest BCUT2D eigenvalue weighted by molar-refractivity contribution is -0.0247. The zero-order chi connectivity index (χ0) is 15.3. The van der Waals surface area contributed by atoms with Crippen molar-refractivity contribution in [3.8, 4) is 0 Å². The molecule has 1 aromatic rings. The molecule has 1 aliphatic heterocycles. The monoisotopic (exact) mass is 292 g/mol. The van der Waals surface area contributed by atoms with Crippen LogP contribution >= 0.6 is 0 Å². The number of hydrogen-bond acceptors (Lipinski definition) is 3. The van der Waals surface area contributed by atoms with Crippen LogP contribution in [0, 0.1) is 6.92 Å². The van der Waals surface area contributed by atoms with E-state index in [1.807, 2.05) is 19.2 Å². The molecule has 21 heavy (non-hydrogen) atoms. The van der Waals surface area contributed by atoms with E-state index >= 15 is 0 Å². The number of aliphatic hydroxyl groups is 1. The normalized spacial score (nSPS) is 17.7. The summed E-state index contributed by atoms with van der Waals surface area (Å²) >= 11 is 0. The summed E-state index contributed by atoms with van der Waals surface area (Å²) in [5.41, 5.74) is 1.64. The summed E-state index contributed by atoms with van der Waals surface area (Å²) in [5.74, 6) is 0. The fourth-order valence-corrected chi connectivity index (χ4v) is 2.91. The van der Waals surface area contributed by atoms with Gasteiger partial charge in [0.25, 0.3) is 0 Å². The molecule has 1 aromatic heterocycles. The van der Waals surface area contributed by atoms with Crippen LogP contribution in [0.1, 0.15) is 43.4 Å². The maximum Gasteiger partial charge on any atom is 0.407 e. The van der Waals surface area contributed by atoms with E-state index in [9.17, 15) is 9.90 Å². The van der Waals surface area contributed by atoms with Gasteiger partial charge in [-0.25, -0.2) is 4.79 Å². The van der Waals surface area contributed by atoms with Crippen LogP contribution in [-0.4, -0.2) is 44.9 Å². The van der Waals surface area contributed by atoms with Gasteiger partial charge in [-0.05, 0) is 56.7 Å². The Balaban J connectivity index is 1.70. The fraction of sp³-hybridized carbons (Fsp3) is 0.625. The van der Waals surface area contributed by atoms with Crippen molar-refractivity contribution in [1.29, 1.82) is 0 Å². The van der Waals surface area contributed by atoms with Crippen molar-refractivity contribution in [3.63, 3.8) is 0 Å². The highest BCUT2D eigenvalue weighted by atomic mass is 16.4.